The van der Waals surface area contributed by atoms with Crippen molar-refractivity contribution >= 4 is 9.12 Å². The molecule has 69 valence electrons. The van der Waals surface area contributed by atoms with E-state index in [0.29, 0.717) is 0 Å². The van der Waals surface area contributed by atoms with Crippen LogP contribution in [0.15, 0.2) is 0 Å². The zero-order chi connectivity index (χ0) is 8.39. The average Bonchev–Trinajstić information content (AvgIpc) is 2.77. The number of hydrogen-bond donors (Lipinski definition) is 0. The molecule has 2 nitrogen and oxygen atoms in total. The predicted octanol–water partition coefficient (Wildman–Crippen LogP) is 1.30. The van der Waals surface area contributed by atoms with Gasteiger partial charge in [-0.2, -0.15) is 0 Å². The summed E-state index contributed by atoms with van der Waals surface area (Å²) in [6.45, 7) is 7.98. The largest absolute Gasteiger partial charge is 0.312 e. The zero-order valence-corrected chi connectivity index (χ0v) is 9.05. The first-order valence-electron chi connectivity index (χ1n) is 5.21. The van der Waals surface area contributed by atoms with Gasteiger partial charge in [-0.15, -0.1) is 0 Å². The van der Waals surface area contributed by atoms with Gasteiger partial charge >= 0.3 is 0 Å². The summed E-state index contributed by atoms with van der Waals surface area (Å²) in [6, 6.07) is 0. The first-order valence-corrected chi connectivity index (χ1v) is 7.11. The molecule has 2 aliphatic heterocycles. The molecule has 2 saturated heterocycles. The zero-order valence-electron chi connectivity index (χ0n) is 8.05. The van der Waals surface area contributed by atoms with Crippen LogP contribution in [-0.2, 0) is 0 Å². The van der Waals surface area contributed by atoms with E-state index >= 15 is 0 Å². The van der Waals surface area contributed by atoms with Gasteiger partial charge in [0.25, 0.3) is 0 Å². The number of rotatable bonds is 2. The van der Waals surface area contributed by atoms with E-state index in [4.69, 9.17) is 0 Å². The van der Waals surface area contributed by atoms with Crippen molar-refractivity contribution in [3.63, 3.8) is 0 Å². The van der Waals surface area contributed by atoms with Crippen LogP contribution in [0.3, 0.4) is 0 Å². The molecule has 0 N–H and O–H groups in total. The lowest BCUT2D eigenvalue weighted by molar-refractivity contribution is 0.430. The van der Waals surface area contributed by atoms with Crippen LogP contribution in [0.5, 0.6) is 0 Å². The van der Waals surface area contributed by atoms with Gasteiger partial charge in [0, 0.05) is 0 Å². The highest BCUT2D eigenvalue weighted by Crippen LogP contribution is 2.16. The van der Waals surface area contributed by atoms with Gasteiger partial charge in [-0.25, -0.2) is 0 Å². The first kappa shape index (κ1) is 8.72. The van der Waals surface area contributed by atoms with Crippen LogP contribution in [0, 0.1) is 0 Å². The Morgan fingerprint density at radius 1 is 0.750 bits per heavy atom. The smallest absolute Gasteiger partial charge is 0.226 e. The van der Waals surface area contributed by atoms with E-state index in [1.54, 1.807) is 0 Å². The van der Waals surface area contributed by atoms with E-state index in [-0.39, 0.29) is 9.12 Å². The molecule has 0 atom stereocenters. The van der Waals surface area contributed by atoms with Gasteiger partial charge in [-0.05, 0) is 58.4 Å². The van der Waals surface area contributed by atoms with Crippen LogP contribution in [0.2, 0.25) is 6.55 Å². The maximum absolute atomic E-state index is 2.73. The highest BCUT2D eigenvalue weighted by molar-refractivity contribution is 6.51. The third-order valence-electron chi connectivity index (χ3n) is 3.13. The maximum atomic E-state index is 2.73. The molecule has 2 rings (SSSR count). The summed E-state index contributed by atoms with van der Waals surface area (Å²) in [5.74, 6) is 0. The van der Waals surface area contributed by atoms with Gasteiger partial charge in [-0.3, -0.25) is 0 Å². The van der Waals surface area contributed by atoms with Crippen molar-refractivity contribution in [2.24, 2.45) is 0 Å². The van der Waals surface area contributed by atoms with Crippen molar-refractivity contribution in [1.82, 2.24) is 9.13 Å². The molecule has 3 heteroatoms. The highest BCUT2D eigenvalue weighted by atomic mass is 28.3. The molecule has 2 heterocycles. The predicted molar refractivity (Wildman–Crippen MR) is 53.2 cm³/mol. The second-order valence-corrected chi connectivity index (χ2v) is 6.29. The molecule has 12 heavy (non-hydrogen) atoms. The van der Waals surface area contributed by atoms with E-state index in [1.165, 1.54) is 51.9 Å². The highest BCUT2D eigenvalue weighted by Gasteiger charge is 2.27. The molecule has 0 aromatic carbocycles. The second kappa shape index (κ2) is 3.90. The fraction of sp³-hybridized carbons (Fsp3) is 1.00. The van der Waals surface area contributed by atoms with Crippen LogP contribution in [0.1, 0.15) is 25.7 Å². The molecule has 0 aromatic rings. The first-order chi connectivity index (χ1) is 5.88. The molecule has 0 bridgehead atoms. The number of hydrogen-bond acceptors (Lipinski definition) is 2. The summed E-state index contributed by atoms with van der Waals surface area (Å²) in [7, 11) is -0.278. The molecule has 0 amide bonds. The van der Waals surface area contributed by atoms with Gasteiger partial charge in [0.2, 0.25) is 9.12 Å². The Labute approximate surface area is 77.3 Å². The number of nitrogens with zero attached hydrogens (tertiary/aromatic N) is 2. The fourth-order valence-corrected chi connectivity index (χ4v) is 4.61. The Morgan fingerprint density at radius 3 is 1.42 bits per heavy atom. The lowest BCUT2D eigenvalue weighted by Gasteiger charge is -2.29. The van der Waals surface area contributed by atoms with E-state index in [2.05, 4.69) is 15.7 Å². The van der Waals surface area contributed by atoms with Crippen LogP contribution in [0.25, 0.3) is 0 Å². The third kappa shape index (κ3) is 1.73. The Hall–Kier alpha value is 0.137. The summed E-state index contributed by atoms with van der Waals surface area (Å²) in [4.78, 5) is 0. The lowest BCUT2D eigenvalue weighted by atomic mass is 10.4. The van der Waals surface area contributed by atoms with Crippen molar-refractivity contribution < 1.29 is 0 Å². The molecular weight excluding hydrogens is 164 g/mol. The molecule has 0 aliphatic carbocycles. The van der Waals surface area contributed by atoms with Crippen LogP contribution < -0.4 is 0 Å². The molecule has 0 spiro atoms. The normalized spacial score (nSPS) is 27.5. The van der Waals surface area contributed by atoms with E-state index in [1.807, 2.05) is 0 Å². The Bertz CT molecular complexity index is 123. The van der Waals surface area contributed by atoms with E-state index < -0.39 is 0 Å². The van der Waals surface area contributed by atoms with E-state index in [9.17, 15) is 0 Å². The summed E-state index contributed by atoms with van der Waals surface area (Å²) < 4.78 is 5.46. The molecule has 2 fully saturated rings. The molecule has 2 aliphatic rings. The fourth-order valence-electron chi connectivity index (χ4n) is 2.28. The Morgan fingerprint density at radius 2 is 1.08 bits per heavy atom. The summed E-state index contributed by atoms with van der Waals surface area (Å²) in [5, 5.41) is 0. The molecule has 0 saturated carbocycles. The molecular formula is C9H19N2Si. The van der Waals surface area contributed by atoms with Gasteiger partial charge < -0.3 is 9.13 Å². The van der Waals surface area contributed by atoms with Gasteiger partial charge in [0.1, 0.15) is 0 Å². The molecule has 1 radical (unpaired) electrons. The van der Waals surface area contributed by atoms with Gasteiger partial charge in [0.15, 0.2) is 0 Å². The van der Waals surface area contributed by atoms with Gasteiger partial charge in [0.05, 0.1) is 0 Å². The molecule has 0 unspecified atom stereocenters. The summed E-state index contributed by atoms with van der Waals surface area (Å²) >= 11 is 0. The SMILES string of the molecule is C[Si](N1CCCC1)N1CCCC1. The summed E-state index contributed by atoms with van der Waals surface area (Å²) in [5.41, 5.74) is 0. The van der Waals surface area contributed by atoms with Crippen molar-refractivity contribution in [2.45, 2.75) is 32.2 Å². The van der Waals surface area contributed by atoms with Gasteiger partial charge in [-0.1, -0.05) is 0 Å². The second-order valence-electron chi connectivity index (χ2n) is 3.94. The van der Waals surface area contributed by atoms with Crippen molar-refractivity contribution in [3.05, 3.63) is 0 Å². The Kier molecular flexibility index (Phi) is 2.83. The molecule has 0 aromatic heterocycles. The van der Waals surface area contributed by atoms with Crippen LogP contribution in [0.4, 0.5) is 0 Å². The van der Waals surface area contributed by atoms with Crippen molar-refractivity contribution in [2.75, 3.05) is 26.2 Å². The monoisotopic (exact) mass is 183 g/mol. The van der Waals surface area contributed by atoms with Crippen LogP contribution >= 0.6 is 0 Å². The van der Waals surface area contributed by atoms with Crippen LogP contribution in [-0.4, -0.2) is 44.4 Å². The minimum absolute atomic E-state index is 0.278. The van der Waals surface area contributed by atoms with Crippen molar-refractivity contribution in [1.29, 1.82) is 0 Å². The quantitative estimate of drug-likeness (QED) is 0.595. The minimum Gasteiger partial charge on any atom is -0.312 e. The lowest BCUT2D eigenvalue weighted by Crippen LogP contribution is -2.48. The van der Waals surface area contributed by atoms with E-state index in [0.717, 1.165) is 0 Å². The maximum Gasteiger partial charge on any atom is 0.226 e. The summed E-state index contributed by atoms with van der Waals surface area (Å²) in [6.07, 6.45) is 5.76. The minimum atomic E-state index is -0.278. The Balaban J connectivity index is 1.84. The van der Waals surface area contributed by atoms with Crippen molar-refractivity contribution in [3.8, 4) is 0 Å². The third-order valence-corrected chi connectivity index (χ3v) is 5.85. The topological polar surface area (TPSA) is 6.48 Å². The average molecular weight is 183 g/mol. The standard InChI is InChI=1S/C9H19N2Si/c1-12(10-6-2-3-7-10)11-8-4-5-9-11/h2-9H2,1H3.